The molecule has 1 aliphatic rings. The van der Waals surface area contributed by atoms with Crippen LogP contribution in [-0.4, -0.2) is 34.5 Å². The van der Waals surface area contributed by atoms with Crippen LogP contribution in [0.4, 0.5) is 0 Å². The van der Waals surface area contributed by atoms with E-state index in [0.717, 1.165) is 25.7 Å². The molecule has 3 heteroatoms. The van der Waals surface area contributed by atoms with Crippen LogP contribution < -0.4 is 0 Å². The third-order valence-corrected chi connectivity index (χ3v) is 2.93. The van der Waals surface area contributed by atoms with Crippen LogP contribution in [0.25, 0.3) is 0 Å². The average Bonchev–Trinajstić information content (AvgIpc) is 2.15. The van der Waals surface area contributed by atoms with Crippen molar-refractivity contribution in [3.63, 3.8) is 0 Å². The van der Waals surface area contributed by atoms with E-state index in [4.69, 9.17) is 4.84 Å². The number of aliphatic hydroxyl groups is 1. The molecule has 0 bridgehead atoms. The van der Waals surface area contributed by atoms with Gasteiger partial charge in [-0.2, -0.15) is 5.06 Å². The van der Waals surface area contributed by atoms with Crippen LogP contribution >= 0.6 is 0 Å². The summed E-state index contributed by atoms with van der Waals surface area (Å²) in [5, 5.41) is 11.5. The van der Waals surface area contributed by atoms with Crippen LogP contribution in [0.5, 0.6) is 0 Å². The largest absolute Gasteiger partial charge is 0.393 e. The minimum Gasteiger partial charge on any atom is -0.393 e. The first-order chi connectivity index (χ1) is 7.00. The van der Waals surface area contributed by atoms with Crippen molar-refractivity contribution in [3.05, 3.63) is 0 Å². The average molecular weight is 215 g/mol. The van der Waals surface area contributed by atoms with E-state index in [1.54, 1.807) is 0 Å². The van der Waals surface area contributed by atoms with Gasteiger partial charge in [0.1, 0.15) is 0 Å². The number of rotatable bonds is 4. The summed E-state index contributed by atoms with van der Waals surface area (Å²) >= 11 is 0. The van der Waals surface area contributed by atoms with Crippen LogP contribution in [-0.2, 0) is 4.84 Å². The monoisotopic (exact) mass is 215 g/mol. The summed E-state index contributed by atoms with van der Waals surface area (Å²) in [5.74, 6) is 0. The van der Waals surface area contributed by atoms with Gasteiger partial charge in [-0.3, -0.25) is 4.84 Å². The summed E-state index contributed by atoms with van der Waals surface area (Å²) in [6.07, 6.45) is 3.94. The van der Waals surface area contributed by atoms with Crippen molar-refractivity contribution in [1.82, 2.24) is 5.06 Å². The smallest absolute Gasteiger partial charge is 0.0795 e. The molecular weight excluding hydrogens is 190 g/mol. The van der Waals surface area contributed by atoms with E-state index in [-0.39, 0.29) is 6.10 Å². The third kappa shape index (κ3) is 4.09. The SMILES string of the molecule is CC(C)N(OC1CCC(O)CC1)C(C)C. The van der Waals surface area contributed by atoms with Gasteiger partial charge in [-0.05, 0) is 53.4 Å². The van der Waals surface area contributed by atoms with Gasteiger partial charge >= 0.3 is 0 Å². The van der Waals surface area contributed by atoms with Gasteiger partial charge in [0.2, 0.25) is 0 Å². The summed E-state index contributed by atoms with van der Waals surface area (Å²) in [6.45, 7) is 8.60. The summed E-state index contributed by atoms with van der Waals surface area (Å²) in [6, 6.07) is 0.827. The second-order valence-corrected chi connectivity index (χ2v) is 5.08. The van der Waals surface area contributed by atoms with Gasteiger partial charge in [0.05, 0.1) is 12.2 Å². The molecule has 1 saturated carbocycles. The molecule has 0 aromatic carbocycles. The zero-order chi connectivity index (χ0) is 11.4. The number of hydroxylamine groups is 2. The van der Waals surface area contributed by atoms with E-state index < -0.39 is 0 Å². The maximum atomic E-state index is 9.41. The topological polar surface area (TPSA) is 32.7 Å². The van der Waals surface area contributed by atoms with Gasteiger partial charge < -0.3 is 5.11 Å². The molecule has 90 valence electrons. The van der Waals surface area contributed by atoms with Crippen molar-refractivity contribution in [2.75, 3.05) is 0 Å². The lowest BCUT2D eigenvalue weighted by molar-refractivity contribution is -0.241. The minimum absolute atomic E-state index is 0.101. The Bertz CT molecular complexity index is 166. The zero-order valence-corrected chi connectivity index (χ0v) is 10.4. The Balaban J connectivity index is 2.38. The molecule has 0 aromatic rings. The molecule has 0 radical (unpaired) electrons. The zero-order valence-electron chi connectivity index (χ0n) is 10.4. The van der Waals surface area contributed by atoms with Crippen molar-refractivity contribution in [3.8, 4) is 0 Å². The lowest BCUT2D eigenvalue weighted by atomic mass is 9.95. The van der Waals surface area contributed by atoms with E-state index in [0.29, 0.717) is 18.2 Å². The van der Waals surface area contributed by atoms with Crippen LogP contribution in [0.15, 0.2) is 0 Å². The highest BCUT2D eigenvalue weighted by Crippen LogP contribution is 2.23. The van der Waals surface area contributed by atoms with Gasteiger partial charge in [-0.15, -0.1) is 0 Å². The molecule has 3 nitrogen and oxygen atoms in total. The van der Waals surface area contributed by atoms with Crippen molar-refractivity contribution < 1.29 is 9.94 Å². The van der Waals surface area contributed by atoms with Crippen molar-refractivity contribution in [1.29, 1.82) is 0 Å². The number of hydrogen-bond acceptors (Lipinski definition) is 3. The van der Waals surface area contributed by atoms with Gasteiger partial charge in [0.15, 0.2) is 0 Å². The van der Waals surface area contributed by atoms with Crippen LogP contribution in [0.2, 0.25) is 0 Å². The van der Waals surface area contributed by atoms with Gasteiger partial charge in [-0.1, -0.05) is 0 Å². The summed E-state index contributed by atoms with van der Waals surface area (Å²) in [7, 11) is 0. The lowest BCUT2D eigenvalue weighted by Gasteiger charge is -2.35. The molecule has 0 aromatic heterocycles. The number of nitrogens with zero attached hydrogens (tertiary/aromatic N) is 1. The molecule has 0 heterocycles. The van der Waals surface area contributed by atoms with E-state index >= 15 is 0 Å². The molecule has 1 fully saturated rings. The standard InChI is InChI=1S/C12H25NO2/c1-9(2)13(10(3)4)15-12-7-5-11(14)6-8-12/h9-12,14H,5-8H2,1-4H3. The number of aliphatic hydroxyl groups excluding tert-OH is 1. The van der Waals surface area contributed by atoms with Gasteiger partial charge in [-0.25, -0.2) is 0 Å². The molecule has 0 atom stereocenters. The summed E-state index contributed by atoms with van der Waals surface area (Å²) < 4.78 is 0. The normalized spacial score (nSPS) is 28.0. The Kier molecular flexibility index (Phi) is 5.03. The second kappa shape index (κ2) is 5.83. The Morgan fingerprint density at radius 3 is 1.87 bits per heavy atom. The first-order valence-electron chi connectivity index (χ1n) is 6.14. The van der Waals surface area contributed by atoms with Crippen LogP contribution in [0.3, 0.4) is 0 Å². The van der Waals surface area contributed by atoms with Crippen LogP contribution in [0.1, 0.15) is 53.4 Å². The van der Waals surface area contributed by atoms with Gasteiger partial charge in [0, 0.05) is 12.1 Å². The summed E-state index contributed by atoms with van der Waals surface area (Å²) in [4.78, 5) is 5.98. The fourth-order valence-electron chi connectivity index (χ4n) is 2.16. The van der Waals surface area contributed by atoms with E-state index in [1.807, 2.05) is 0 Å². The highest BCUT2D eigenvalue weighted by atomic mass is 16.7. The molecule has 0 spiro atoms. The fraction of sp³-hybridized carbons (Fsp3) is 1.00. The van der Waals surface area contributed by atoms with Crippen molar-refractivity contribution >= 4 is 0 Å². The maximum Gasteiger partial charge on any atom is 0.0795 e. The highest BCUT2D eigenvalue weighted by Gasteiger charge is 2.24. The molecular formula is C12H25NO2. The molecule has 0 aliphatic heterocycles. The molecule has 1 aliphatic carbocycles. The Morgan fingerprint density at radius 2 is 1.47 bits per heavy atom. The van der Waals surface area contributed by atoms with Crippen molar-refractivity contribution in [2.45, 2.75) is 77.7 Å². The third-order valence-electron chi connectivity index (χ3n) is 2.93. The Labute approximate surface area is 93.4 Å². The predicted octanol–water partition coefficient (Wildman–Crippen LogP) is 2.34. The molecule has 0 unspecified atom stereocenters. The summed E-state index contributed by atoms with van der Waals surface area (Å²) in [5.41, 5.74) is 0. The first-order valence-corrected chi connectivity index (χ1v) is 6.14. The van der Waals surface area contributed by atoms with Gasteiger partial charge in [0.25, 0.3) is 0 Å². The highest BCUT2D eigenvalue weighted by molar-refractivity contribution is 4.72. The van der Waals surface area contributed by atoms with E-state index in [2.05, 4.69) is 32.8 Å². The van der Waals surface area contributed by atoms with E-state index in [9.17, 15) is 5.11 Å². The minimum atomic E-state index is -0.101. The van der Waals surface area contributed by atoms with Crippen molar-refractivity contribution in [2.24, 2.45) is 0 Å². The first kappa shape index (κ1) is 12.9. The molecule has 1 N–H and O–H groups in total. The second-order valence-electron chi connectivity index (χ2n) is 5.08. The molecule has 15 heavy (non-hydrogen) atoms. The molecule has 1 rings (SSSR count). The maximum absolute atomic E-state index is 9.41. The number of hydrogen-bond donors (Lipinski definition) is 1. The lowest BCUT2D eigenvalue weighted by Crippen LogP contribution is -2.41. The molecule has 0 amide bonds. The Morgan fingerprint density at radius 1 is 1.00 bits per heavy atom. The fourth-order valence-corrected chi connectivity index (χ4v) is 2.16. The quantitative estimate of drug-likeness (QED) is 0.731. The van der Waals surface area contributed by atoms with E-state index in [1.165, 1.54) is 0 Å². The molecule has 0 saturated heterocycles. The predicted molar refractivity (Wildman–Crippen MR) is 61.5 cm³/mol. The Hall–Kier alpha value is -0.120. The van der Waals surface area contributed by atoms with Crippen LogP contribution in [0, 0.1) is 0 Å².